The molecule has 0 unspecified atom stereocenters. The molecule has 36 heteroatoms. The molecule has 2 N–H and O–H groups in total. The maximum atomic E-state index is 17.6. The van der Waals surface area contributed by atoms with Gasteiger partial charge in [0.15, 0.2) is 93.1 Å². The lowest BCUT2D eigenvalue weighted by atomic mass is 10.0. The van der Waals surface area contributed by atoms with E-state index in [0.29, 0.717) is 18.7 Å². The van der Waals surface area contributed by atoms with Crippen LogP contribution in [0, 0.1) is 93.1 Å². The van der Waals surface area contributed by atoms with E-state index in [1.807, 2.05) is 0 Å². The van der Waals surface area contributed by atoms with E-state index < -0.39 is 205 Å². The van der Waals surface area contributed by atoms with E-state index in [1.54, 1.807) is 0 Å². The summed E-state index contributed by atoms with van der Waals surface area (Å²) in [5.41, 5.74) is -24.6. The first-order valence-corrected chi connectivity index (χ1v) is 31.2. The van der Waals surface area contributed by atoms with Crippen LogP contribution in [0.3, 0.4) is 0 Å². The van der Waals surface area contributed by atoms with E-state index in [4.69, 9.17) is 0 Å². The van der Waals surface area contributed by atoms with Gasteiger partial charge in [0.05, 0.1) is 92.6 Å². The van der Waals surface area contributed by atoms with Crippen LogP contribution in [0.25, 0.3) is 159 Å². The average Bonchev–Trinajstić information content (AvgIpc) is 1.46. The first kappa shape index (κ1) is 66.7. The largest absolute Gasteiger partial charge is 0.354 e. The number of fused-ring (bicyclic) bond motifs is 8. The fourth-order valence-corrected chi connectivity index (χ4v) is 12.4. The van der Waals surface area contributed by atoms with Crippen LogP contribution >= 0.6 is 0 Å². The van der Waals surface area contributed by atoms with Crippen LogP contribution in [0.1, 0.15) is 22.8 Å². The lowest BCUT2D eigenvalue weighted by molar-refractivity contribution is 0.447. The van der Waals surface area contributed by atoms with Gasteiger partial charge in [0.25, 0.3) is 0 Å². The highest BCUT2D eigenvalue weighted by molar-refractivity contribution is 6.01. The second-order valence-electron chi connectivity index (χ2n) is 23.5. The fourth-order valence-electron chi connectivity index (χ4n) is 12.4. The lowest BCUT2D eigenvalue weighted by Crippen LogP contribution is -2.10. The summed E-state index contributed by atoms with van der Waals surface area (Å²) in [5, 5.41) is 29.9. The van der Waals surface area contributed by atoms with Crippen LogP contribution in [0.15, 0.2) is 147 Å². The lowest BCUT2D eigenvalue weighted by Gasteiger charge is -2.14. The minimum absolute atomic E-state index is 0.0806. The van der Waals surface area contributed by atoms with Gasteiger partial charge in [0.2, 0.25) is 0 Å². The molecular weight excluding hydrogens is 1450 g/mol. The number of benzene rings is 4. The summed E-state index contributed by atoms with van der Waals surface area (Å²) >= 11 is 0. The molecule has 0 saturated carbocycles. The number of nitrogens with one attached hydrogen (secondary N) is 2. The Morgan fingerprint density at radius 1 is 0.222 bits per heavy atom. The Balaban J connectivity index is 0.979. The van der Waals surface area contributed by atoms with Crippen molar-refractivity contribution in [2.24, 2.45) is 0 Å². The Labute approximate surface area is 589 Å². The molecule has 11 aromatic heterocycles. The molecule has 15 aromatic rings. The molecule has 0 fully saturated rings. The SMILES string of the molecule is Fc1c(F)c(-n2cc(-c3ccccn3)nn2)c(F)c(F)c1-c1c2nc(c(-c3c(F)c(F)c(-n4cc(-c5ccccn5)nn4)c(F)c3F)c3ccc([nH]3)c(-c3c(F)c(F)c(-n4cc(-c5ccccn5)nn4)c(F)c3F)c3nc(c(-c4c(F)c(F)c(-n5cc(-c6ccccn6)nn5)c(F)c4F)c4ccc1[nH]4)C=C3)C=C2. The van der Waals surface area contributed by atoms with E-state index in [1.165, 1.54) is 97.6 Å². The van der Waals surface area contributed by atoms with E-state index in [-0.39, 0.29) is 45.6 Å². The number of H-pyrrole nitrogens is 2. The first-order chi connectivity index (χ1) is 52.2. The molecule has 530 valence electrons. The molecule has 17 rings (SSSR count). The number of hydrogen-bond acceptors (Lipinski definition) is 14. The van der Waals surface area contributed by atoms with Crippen LogP contribution in [-0.4, -0.2) is 99.8 Å². The Kier molecular flexibility index (Phi) is 15.9. The number of hydrogen-bond donors (Lipinski definition) is 2. The molecule has 0 atom stereocenters. The maximum Gasteiger partial charge on any atom is 0.188 e. The van der Waals surface area contributed by atoms with Crippen LogP contribution < -0.4 is 0 Å². The fraction of sp³-hybridized carbons (Fsp3) is 0. The zero-order valence-electron chi connectivity index (χ0n) is 53.3. The summed E-state index contributed by atoms with van der Waals surface area (Å²) in [6.07, 6.45) is 11.8. The molecule has 0 aliphatic carbocycles. The number of pyridine rings is 4. The molecule has 2 aliphatic rings. The van der Waals surface area contributed by atoms with Crippen molar-refractivity contribution in [2.75, 3.05) is 0 Å². The van der Waals surface area contributed by atoms with Gasteiger partial charge in [-0.25, -0.2) is 98.9 Å². The summed E-state index contributed by atoms with van der Waals surface area (Å²) in [4.78, 5) is 30.2. The molecule has 20 nitrogen and oxygen atoms in total. The van der Waals surface area contributed by atoms with Crippen molar-refractivity contribution in [2.45, 2.75) is 0 Å². The summed E-state index contributed by atoms with van der Waals surface area (Å²) in [6.45, 7) is 0. The first-order valence-electron chi connectivity index (χ1n) is 31.2. The van der Waals surface area contributed by atoms with Crippen LogP contribution in [-0.2, 0) is 0 Å². The molecular formula is C72H30F16N20. The van der Waals surface area contributed by atoms with Gasteiger partial charge in [-0.2, -0.15) is 0 Å². The molecule has 13 heterocycles. The van der Waals surface area contributed by atoms with Gasteiger partial charge in [-0.05, 0) is 97.1 Å². The highest BCUT2D eigenvalue weighted by Crippen LogP contribution is 2.47. The summed E-state index contributed by atoms with van der Waals surface area (Å²) < 4.78 is 280. The predicted molar refractivity (Wildman–Crippen MR) is 353 cm³/mol. The van der Waals surface area contributed by atoms with Crippen molar-refractivity contribution in [3.05, 3.63) is 262 Å². The van der Waals surface area contributed by atoms with Gasteiger partial charge in [-0.3, -0.25) is 19.9 Å². The third-order valence-corrected chi connectivity index (χ3v) is 17.3. The Bertz CT molecular complexity index is 5650. The maximum absolute atomic E-state index is 17.6. The second-order valence-corrected chi connectivity index (χ2v) is 23.5. The van der Waals surface area contributed by atoms with E-state index in [0.717, 1.165) is 73.4 Å². The molecule has 0 amide bonds. The monoisotopic (exact) mass is 1480 g/mol. The van der Waals surface area contributed by atoms with E-state index in [9.17, 15) is 0 Å². The van der Waals surface area contributed by atoms with Gasteiger partial charge in [0.1, 0.15) is 45.5 Å². The highest BCUT2D eigenvalue weighted by Gasteiger charge is 2.38. The molecule has 0 spiro atoms. The summed E-state index contributed by atoms with van der Waals surface area (Å²) in [6, 6.07) is 21.0. The third kappa shape index (κ3) is 10.6. The average molecular weight is 1480 g/mol. The third-order valence-electron chi connectivity index (χ3n) is 17.3. The molecule has 108 heavy (non-hydrogen) atoms. The van der Waals surface area contributed by atoms with Crippen molar-refractivity contribution in [3.8, 4) is 113 Å². The molecule has 4 aromatic carbocycles. The van der Waals surface area contributed by atoms with Crippen LogP contribution in [0.2, 0.25) is 0 Å². The quantitative estimate of drug-likeness (QED) is 0.0856. The summed E-state index contributed by atoms with van der Waals surface area (Å²) in [5.74, 6) is -35.7. The Morgan fingerprint density at radius 3 is 0.611 bits per heavy atom. The zero-order chi connectivity index (χ0) is 74.8. The number of aromatic nitrogens is 20. The predicted octanol–water partition coefficient (Wildman–Crippen LogP) is 16.1. The Hall–Kier alpha value is -14.5. The molecule has 0 saturated heterocycles. The topological polar surface area (TPSA) is 232 Å². The van der Waals surface area contributed by atoms with Crippen molar-refractivity contribution < 1.29 is 70.2 Å². The standard InChI is InChI=1S/C72H30F16N20/c73-53-49(54(74)62(82)69(61(53)81)105-25-41(97-101-105)29-9-1-5-21-89-29)45-33-13-15-35(93-33)46(50-55(75)63(83)70(64(84)56(50)76)106-26-42(98-102-106)30-10-2-6-22-90-30)37-17-19-39(95-37)48(52-59(79)67(87)72(68(88)60(52)80)108-28-44(100-104-108)32-12-4-8-24-92-32)40-20-18-38(96-40)47(36-16-14-34(45)94-36)51-57(77)65(85)71(66(86)58(51)78)107-27-43(99-103-107)31-11-3-7-23-91-31/h1-28,93,96H. The number of halogens is 16. The van der Waals surface area contributed by atoms with Crippen molar-refractivity contribution in [1.82, 2.24) is 99.8 Å². The van der Waals surface area contributed by atoms with Gasteiger partial charge in [-0.1, -0.05) is 45.1 Å². The molecule has 8 bridgehead atoms. The minimum Gasteiger partial charge on any atom is -0.354 e. The number of aromatic amines is 2. The van der Waals surface area contributed by atoms with Crippen molar-refractivity contribution in [1.29, 1.82) is 0 Å². The van der Waals surface area contributed by atoms with Crippen molar-refractivity contribution >= 4 is 46.4 Å². The van der Waals surface area contributed by atoms with Gasteiger partial charge in [-0.15, -0.1) is 20.4 Å². The second kappa shape index (κ2) is 25.7. The highest BCUT2D eigenvalue weighted by atomic mass is 19.2. The van der Waals surface area contributed by atoms with Crippen molar-refractivity contribution in [3.63, 3.8) is 0 Å². The van der Waals surface area contributed by atoms with Gasteiger partial charge in [0, 0.05) is 69.1 Å². The number of rotatable bonds is 12. The molecule has 2 aliphatic heterocycles. The normalized spacial score (nSPS) is 12.0. The zero-order valence-corrected chi connectivity index (χ0v) is 53.3. The Morgan fingerprint density at radius 2 is 0.426 bits per heavy atom. The van der Waals surface area contributed by atoms with Gasteiger partial charge < -0.3 is 9.97 Å². The smallest absolute Gasteiger partial charge is 0.188 e. The summed E-state index contributed by atoms with van der Waals surface area (Å²) in [7, 11) is 0. The van der Waals surface area contributed by atoms with E-state index >= 15 is 70.2 Å². The molecule has 0 radical (unpaired) electrons. The van der Waals surface area contributed by atoms with Crippen LogP contribution in [0.5, 0.6) is 0 Å². The van der Waals surface area contributed by atoms with E-state index in [2.05, 4.69) is 81.1 Å². The van der Waals surface area contributed by atoms with Crippen LogP contribution in [0.4, 0.5) is 70.2 Å². The minimum atomic E-state index is -2.26. The number of nitrogens with zero attached hydrogens (tertiary/aromatic N) is 18. The van der Waals surface area contributed by atoms with Gasteiger partial charge >= 0.3 is 0 Å².